The maximum Gasteiger partial charge on any atom is 0.150 e. The molecule has 2 rings (SSSR count). The van der Waals surface area contributed by atoms with Crippen molar-refractivity contribution in [3.8, 4) is 0 Å². The first-order valence-corrected chi connectivity index (χ1v) is 7.81. The molecule has 0 fully saturated rings. The summed E-state index contributed by atoms with van der Waals surface area (Å²) < 4.78 is 3.04. The van der Waals surface area contributed by atoms with Crippen LogP contribution in [-0.2, 0) is 12.8 Å². The van der Waals surface area contributed by atoms with Crippen LogP contribution < -0.4 is 5.73 Å². The molecular weight excluding hydrogens is 316 g/mol. The number of hydrogen-bond donors (Lipinski definition) is 1. The van der Waals surface area contributed by atoms with E-state index in [9.17, 15) is 0 Å². The molecule has 0 amide bonds. The lowest BCUT2D eigenvalue weighted by Gasteiger charge is -2.23. The van der Waals surface area contributed by atoms with Gasteiger partial charge in [-0.1, -0.05) is 41.9 Å². The van der Waals surface area contributed by atoms with E-state index in [0.29, 0.717) is 0 Å². The summed E-state index contributed by atoms with van der Waals surface area (Å²) in [6.07, 6.45) is 1.69. The van der Waals surface area contributed by atoms with E-state index in [1.54, 1.807) is 0 Å². The quantitative estimate of drug-likeness (QED) is 0.912. The van der Waals surface area contributed by atoms with E-state index >= 15 is 0 Å². The molecule has 1 heterocycles. The van der Waals surface area contributed by atoms with Crippen LogP contribution in [0.1, 0.15) is 44.0 Å². The van der Waals surface area contributed by atoms with Crippen molar-refractivity contribution in [2.45, 2.75) is 45.7 Å². The van der Waals surface area contributed by atoms with Gasteiger partial charge in [-0.15, -0.1) is 0 Å². The molecule has 0 aliphatic rings. The Kier molecular flexibility index (Phi) is 4.94. The Labute approximate surface area is 128 Å². The molecule has 108 valence electrons. The van der Waals surface area contributed by atoms with Crippen LogP contribution in [0.4, 0.5) is 0 Å². The van der Waals surface area contributed by atoms with Crippen LogP contribution in [0, 0.1) is 0 Å². The fraction of sp³-hybridized carbons (Fsp3) is 0.467. The predicted molar refractivity (Wildman–Crippen MR) is 84.7 cm³/mol. The molecule has 0 spiro atoms. The van der Waals surface area contributed by atoms with Gasteiger partial charge in [-0.3, -0.25) is 0 Å². The van der Waals surface area contributed by atoms with Gasteiger partial charge in [0.15, 0.2) is 5.82 Å². The summed E-state index contributed by atoms with van der Waals surface area (Å²) in [7, 11) is 0. The van der Waals surface area contributed by atoms with E-state index in [1.165, 1.54) is 0 Å². The van der Waals surface area contributed by atoms with Gasteiger partial charge in [0, 0.05) is 23.4 Å². The third kappa shape index (κ3) is 3.10. The standard InChI is InChI=1S/C15H21BrN4/c1-4-13-18-14(5-2)20(19-13)15(10(3)17)11-7-6-8-12(16)9-11/h6-10,15H,4-5,17H2,1-3H3. The highest BCUT2D eigenvalue weighted by Crippen LogP contribution is 2.25. The number of aryl methyl sites for hydroxylation is 2. The second-order valence-electron chi connectivity index (χ2n) is 4.95. The molecule has 0 saturated carbocycles. The summed E-state index contributed by atoms with van der Waals surface area (Å²) in [4.78, 5) is 4.58. The normalized spacial score (nSPS) is 14.2. The Morgan fingerprint density at radius 2 is 2.05 bits per heavy atom. The van der Waals surface area contributed by atoms with Crippen LogP contribution >= 0.6 is 15.9 Å². The van der Waals surface area contributed by atoms with Crippen molar-refractivity contribution in [3.63, 3.8) is 0 Å². The zero-order chi connectivity index (χ0) is 14.7. The number of rotatable bonds is 5. The topological polar surface area (TPSA) is 56.7 Å². The van der Waals surface area contributed by atoms with Crippen LogP contribution in [0.25, 0.3) is 0 Å². The second-order valence-corrected chi connectivity index (χ2v) is 5.87. The monoisotopic (exact) mass is 336 g/mol. The molecule has 0 aliphatic carbocycles. The molecular formula is C15H21BrN4. The second kappa shape index (κ2) is 6.50. The zero-order valence-electron chi connectivity index (χ0n) is 12.2. The van der Waals surface area contributed by atoms with Gasteiger partial charge in [-0.2, -0.15) is 5.10 Å². The molecule has 0 aliphatic heterocycles. The molecule has 2 atom stereocenters. The van der Waals surface area contributed by atoms with Gasteiger partial charge in [-0.25, -0.2) is 9.67 Å². The maximum atomic E-state index is 6.22. The average molecular weight is 337 g/mol. The third-order valence-corrected chi connectivity index (χ3v) is 3.82. The summed E-state index contributed by atoms with van der Waals surface area (Å²) in [5.74, 6) is 1.87. The van der Waals surface area contributed by atoms with Gasteiger partial charge in [0.25, 0.3) is 0 Å². The molecule has 5 heteroatoms. The highest BCUT2D eigenvalue weighted by molar-refractivity contribution is 9.10. The van der Waals surface area contributed by atoms with Gasteiger partial charge in [0.1, 0.15) is 5.82 Å². The molecule has 2 N–H and O–H groups in total. The van der Waals surface area contributed by atoms with Gasteiger partial charge in [0.05, 0.1) is 6.04 Å². The lowest BCUT2D eigenvalue weighted by molar-refractivity contribution is 0.436. The zero-order valence-corrected chi connectivity index (χ0v) is 13.8. The van der Waals surface area contributed by atoms with E-state index in [4.69, 9.17) is 5.73 Å². The lowest BCUT2D eigenvalue weighted by Crippen LogP contribution is -2.32. The van der Waals surface area contributed by atoms with E-state index in [2.05, 4.69) is 52.0 Å². The first-order valence-electron chi connectivity index (χ1n) is 7.02. The van der Waals surface area contributed by atoms with Crippen molar-refractivity contribution in [2.24, 2.45) is 5.73 Å². The average Bonchev–Trinajstić information content (AvgIpc) is 2.81. The minimum absolute atomic E-state index is 0.00949. The molecule has 20 heavy (non-hydrogen) atoms. The van der Waals surface area contributed by atoms with Crippen LogP contribution in [0.15, 0.2) is 28.7 Å². The Hall–Kier alpha value is -1.20. The van der Waals surface area contributed by atoms with Gasteiger partial charge in [-0.05, 0) is 24.6 Å². The Morgan fingerprint density at radius 3 is 2.60 bits per heavy atom. The SMILES string of the molecule is CCc1nc(CC)n(C(c2cccc(Br)c2)C(C)N)n1. The van der Waals surface area contributed by atoms with Crippen molar-refractivity contribution >= 4 is 15.9 Å². The van der Waals surface area contributed by atoms with Gasteiger partial charge in [0.2, 0.25) is 0 Å². The molecule has 0 radical (unpaired) electrons. The number of nitrogens with zero attached hydrogens (tertiary/aromatic N) is 3. The predicted octanol–water partition coefficient (Wildman–Crippen LogP) is 3.10. The first kappa shape index (κ1) is 15.2. The number of benzene rings is 1. The van der Waals surface area contributed by atoms with Crippen LogP contribution in [0.2, 0.25) is 0 Å². The highest BCUT2D eigenvalue weighted by atomic mass is 79.9. The Morgan fingerprint density at radius 1 is 1.30 bits per heavy atom. The number of halogens is 1. The minimum Gasteiger partial charge on any atom is -0.326 e. The van der Waals surface area contributed by atoms with Crippen molar-refractivity contribution in [1.82, 2.24) is 14.8 Å². The number of aromatic nitrogens is 3. The number of hydrogen-bond acceptors (Lipinski definition) is 3. The van der Waals surface area contributed by atoms with Crippen molar-refractivity contribution in [3.05, 3.63) is 46.0 Å². The lowest BCUT2D eigenvalue weighted by atomic mass is 10.0. The van der Waals surface area contributed by atoms with E-state index < -0.39 is 0 Å². The molecule has 2 unspecified atom stereocenters. The fourth-order valence-corrected chi connectivity index (χ4v) is 2.79. The van der Waals surface area contributed by atoms with E-state index in [-0.39, 0.29) is 12.1 Å². The summed E-state index contributed by atoms with van der Waals surface area (Å²) in [6, 6.07) is 8.20. The minimum atomic E-state index is -0.0407. The third-order valence-electron chi connectivity index (χ3n) is 3.33. The van der Waals surface area contributed by atoms with Crippen molar-refractivity contribution in [2.75, 3.05) is 0 Å². The molecule has 0 bridgehead atoms. The van der Waals surface area contributed by atoms with E-state index in [0.717, 1.165) is 34.5 Å². The fourth-order valence-electron chi connectivity index (χ4n) is 2.38. The molecule has 1 aromatic carbocycles. The summed E-state index contributed by atoms with van der Waals surface area (Å²) in [6.45, 7) is 6.18. The van der Waals surface area contributed by atoms with Gasteiger partial charge >= 0.3 is 0 Å². The molecule has 0 saturated heterocycles. The Balaban J connectivity index is 2.51. The smallest absolute Gasteiger partial charge is 0.150 e. The van der Waals surface area contributed by atoms with Crippen LogP contribution in [0.3, 0.4) is 0 Å². The Bertz CT molecular complexity index is 577. The van der Waals surface area contributed by atoms with Crippen molar-refractivity contribution < 1.29 is 0 Å². The summed E-state index contributed by atoms with van der Waals surface area (Å²) >= 11 is 3.52. The highest BCUT2D eigenvalue weighted by Gasteiger charge is 2.23. The van der Waals surface area contributed by atoms with Crippen LogP contribution in [0.5, 0.6) is 0 Å². The first-order chi connectivity index (χ1) is 9.56. The molecule has 1 aromatic heterocycles. The maximum absolute atomic E-state index is 6.22. The van der Waals surface area contributed by atoms with E-state index in [1.807, 2.05) is 23.7 Å². The van der Waals surface area contributed by atoms with Crippen LogP contribution in [-0.4, -0.2) is 20.8 Å². The molecule has 2 aromatic rings. The summed E-state index contributed by atoms with van der Waals surface area (Å²) in [5.41, 5.74) is 7.37. The largest absolute Gasteiger partial charge is 0.326 e. The summed E-state index contributed by atoms with van der Waals surface area (Å²) in [5, 5.41) is 4.64. The van der Waals surface area contributed by atoms with Gasteiger partial charge < -0.3 is 5.73 Å². The number of nitrogens with two attached hydrogens (primary N) is 1. The van der Waals surface area contributed by atoms with Crippen molar-refractivity contribution in [1.29, 1.82) is 0 Å². The molecule has 4 nitrogen and oxygen atoms in total.